The Kier molecular flexibility index (Phi) is 5.53. The molecule has 0 aromatic heterocycles. The maximum atomic E-state index is 13.1. The molecular formula is C22H26FNO4. The van der Waals surface area contributed by atoms with E-state index in [4.69, 9.17) is 9.47 Å². The second-order valence-electron chi connectivity index (χ2n) is 7.61. The minimum absolute atomic E-state index is 0.303. The van der Waals surface area contributed by atoms with Crippen molar-refractivity contribution in [2.75, 3.05) is 32.8 Å². The van der Waals surface area contributed by atoms with E-state index in [1.807, 2.05) is 18.2 Å². The highest BCUT2D eigenvalue weighted by Crippen LogP contribution is 2.35. The fraction of sp³-hybridized carbons (Fsp3) is 0.455. The normalized spacial score (nSPS) is 20.4. The van der Waals surface area contributed by atoms with Crippen LogP contribution in [0.25, 0.3) is 0 Å². The second kappa shape index (κ2) is 8.07. The Labute approximate surface area is 164 Å². The zero-order chi connectivity index (χ0) is 19.6. The van der Waals surface area contributed by atoms with Crippen LogP contribution < -0.4 is 9.47 Å². The van der Waals surface area contributed by atoms with Gasteiger partial charge in [0.25, 0.3) is 0 Å². The number of nitrogens with zero attached hydrogens (tertiary/aromatic N) is 1. The van der Waals surface area contributed by atoms with E-state index in [9.17, 15) is 14.6 Å². The average Bonchev–Trinajstić information content (AvgIpc) is 2.95. The molecule has 150 valence electrons. The molecule has 0 unspecified atom stereocenters. The lowest BCUT2D eigenvalue weighted by molar-refractivity contribution is -0.0345. The molecule has 0 saturated carbocycles. The molecule has 2 aliphatic heterocycles. The van der Waals surface area contributed by atoms with Crippen LogP contribution >= 0.6 is 0 Å². The van der Waals surface area contributed by atoms with Crippen LogP contribution in [0.15, 0.2) is 42.5 Å². The summed E-state index contributed by atoms with van der Waals surface area (Å²) < 4.78 is 24.5. The van der Waals surface area contributed by atoms with Crippen LogP contribution in [0.3, 0.4) is 0 Å². The minimum atomic E-state index is -0.940. The van der Waals surface area contributed by atoms with E-state index in [1.165, 1.54) is 12.1 Å². The van der Waals surface area contributed by atoms with Gasteiger partial charge in [0.1, 0.15) is 5.82 Å². The van der Waals surface area contributed by atoms with Gasteiger partial charge in [-0.3, -0.25) is 0 Å². The number of rotatable bonds is 4. The first-order valence-electron chi connectivity index (χ1n) is 9.82. The predicted octanol–water partition coefficient (Wildman–Crippen LogP) is 3.00. The Balaban J connectivity index is 1.37. The van der Waals surface area contributed by atoms with Gasteiger partial charge in [0.05, 0.1) is 24.9 Å². The molecule has 2 aliphatic rings. The third kappa shape index (κ3) is 4.14. The van der Waals surface area contributed by atoms with E-state index in [0.717, 1.165) is 23.3 Å². The highest BCUT2D eigenvalue weighted by atomic mass is 19.1. The summed E-state index contributed by atoms with van der Waals surface area (Å²) in [6.07, 6.45) is 1.30. The molecule has 2 aromatic carbocycles. The Hall–Kier alpha value is -2.15. The molecular weight excluding hydrogens is 361 g/mol. The fourth-order valence-electron chi connectivity index (χ4n) is 3.89. The standard InChI is InChI=1S/C22H26FNO4/c23-18-5-3-17(4-6-18)22(26)8-10-24(11-9-22)15-19(25)16-2-7-20-21(14-16)28-13-1-12-27-20/h2-7,14,19,25-26H,1,8-13,15H2/t19-/m0/s1. The topological polar surface area (TPSA) is 62.2 Å². The summed E-state index contributed by atoms with van der Waals surface area (Å²) in [6, 6.07) is 11.6. The first-order chi connectivity index (χ1) is 13.5. The molecule has 2 aromatic rings. The van der Waals surface area contributed by atoms with E-state index in [0.29, 0.717) is 51.4 Å². The molecule has 5 nitrogen and oxygen atoms in total. The molecule has 2 N–H and O–H groups in total. The van der Waals surface area contributed by atoms with Crippen molar-refractivity contribution in [1.29, 1.82) is 0 Å². The SMILES string of the molecule is O[C@@H](CN1CCC(O)(c2ccc(F)cc2)CC1)c1ccc2c(c1)OCCCO2. The molecule has 0 amide bonds. The Morgan fingerprint density at radius 3 is 2.39 bits per heavy atom. The number of hydrogen-bond donors (Lipinski definition) is 2. The van der Waals surface area contributed by atoms with Crippen LogP contribution in [-0.2, 0) is 5.60 Å². The fourth-order valence-corrected chi connectivity index (χ4v) is 3.89. The van der Waals surface area contributed by atoms with Crippen LogP contribution in [0, 0.1) is 5.82 Å². The van der Waals surface area contributed by atoms with Gasteiger partial charge in [-0.1, -0.05) is 18.2 Å². The van der Waals surface area contributed by atoms with Gasteiger partial charge in [-0.25, -0.2) is 4.39 Å². The molecule has 0 aliphatic carbocycles. The Morgan fingerprint density at radius 1 is 1.00 bits per heavy atom. The summed E-state index contributed by atoms with van der Waals surface area (Å²) in [5.74, 6) is 1.09. The number of aliphatic hydroxyl groups is 2. The number of hydrogen-bond acceptors (Lipinski definition) is 5. The van der Waals surface area contributed by atoms with Crippen molar-refractivity contribution in [3.05, 3.63) is 59.4 Å². The van der Waals surface area contributed by atoms with Crippen LogP contribution in [-0.4, -0.2) is 48.0 Å². The van der Waals surface area contributed by atoms with E-state index in [2.05, 4.69) is 4.90 Å². The number of piperidine rings is 1. The first-order valence-corrected chi connectivity index (χ1v) is 9.82. The maximum absolute atomic E-state index is 13.1. The summed E-state index contributed by atoms with van der Waals surface area (Å²) in [4.78, 5) is 2.14. The van der Waals surface area contributed by atoms with Gasteiger partial charge in [-0.2, -0.15) is 0 Å². The predicted molar refractivity (Wildman–Crippen MR) is 103 cm³/mol. The van der Waals surface area contributed by atoms with Crippen molar-refractivity contribution in [3.63, 3.8) is 0 Å². The average molecular weight is 387 g/mol. The zero-order valence-corrected chi connectivity index (χ0v) is 15.8. The van der Waals surface area contributed by atoms with Gasteiger partial charge >= 0.3 is 0 Å². The molecule has 28 heavy (non-hydrogen) atoms. The number of ether oxygens (including phenoxy) is 2. The minimum Gasteiger partial charge on any atom is -0.490 e. The molecule has 4 rings (SSSR count). The molecule has 0 spiro atoms. The molecule has 2 heterocycles. The molecule has 1 saturated heterocycles. The summed E-state index contributed by atoms with van der Waals surface area (Å²) in [5.41, 5.74) is 0.602. The van der Waals surface area contributed by atoms with Crippen molar-refractivity contribution < 1.29 is 24.1 Å². The van der Waals surface area contributed by atoms with Crippen molar-refractivity contribution in [2.45, 2.75) is 31.0 Å². The summed E-state index contributed by atoms with van der Waals surface area (Å²) in [7, 11) is 0. The van der Waals surface area contributed by atoms with Crippen molar-refractivity contribution in [1.82, 2.24) is 4.90 Å². The van der Waals surface area contributed by atoms with Crippen LogP contribution in [0.4, 0.5) is 4.39 Å². The molecule has 1 fully saturated rings. The van der Waals surface area contributed by atoms with Crippen molar-refractivity contribution in [2.24, 2.45) is 0 Å². The van der Waals surface area contributed by atoms with Gasteiger partial charge < -0.3 is 24.6 Å². The van der Waals surface area contributed by atoms with Gasteiger partial charge in [-0.05, 0) is 48.2 Å². The number of β-amino-alcohol motifs (C(OH)–C–C–N with tert-alkyl or cyclic N) is 1. The summed E-state index contributed by atoms with van der Waals surface area (Å²) in [6.45, 7) is 3.06. The van der Waals surface area contributed by atoms with Crippen LogP contribution in [0.1, 0.15) is 36.5 Å². The van der Waals surface area contributed by atoms with Gasteiger partial charge in [-0.15, -0.1) is 0 Å². The number of benzene rings is 2. The van der Waals surface area contributed by atoms with E-state index in [-0.39, 0.29) is 5.82 Å². The van der Waals surface area contributed by atoms with Crippen molar-refractivity contribution >= 4 is 0 Å². The first kappa shape index (κ1) is 19.2. The van der Waals surface area contributed by atoms with E-state index < -0.39 is 11.7 Å². The number of fused-ring (bicyclic) bond motifs is 1. The highest BCUT2D eigenvalue weighted by Gasteiger charge is 2.34. The maximum Gasteiger partial charge on any atom is 0.161 e. The van der Waals surface area contributed by atoms with Crippen molar-refractivity contribution in [3.8, 4) is 11.5 Å². The smallest absolute Gasteiger partial charge is 0.161 e. The Morgan fingerprint density at radius 2 is 1.68 bits per heavy atom. The van der Waals surface area contributed by atoms with Gasteiger partial charge in [0, 0.05) is 26.1 Å². The number of aliphatic hydroxyl groups excluding tert-OH is 1. The molecule has 0 bridgehead atoms. The van der Waals surface area contributed by atoms with Crippen LogP contribution in [0.2, 0.25) is 0 Å². The quantitative estimate of drug-likeness (QED) is 0.845. The Bertz CT molecular complexity index is 803. The largest absolute Gasteiger partial charge is 0.490 e. The van der Waals surface area contributed by atoms with E-state index in [1.54, 1.807) is 12.1 Å². The molecule has 0 radical (unpaired) electrons. The summed E-state index contributed by atoms with van der Waals surface area (Å²) >= 11 is 0. The molecule has 6 heteroatoms. The van der Waals surface area contributed by atoms with Crippen LogP contribution in [0.5, 0.6) is 11.5 Å². The monoisotopic (exact) mass is 387 g/mol. The van der Waals surface area contributed by atoms with Gasteiger partial charge in [0.2, 0.25) is 0 Å². The number of likely N-dealkylation sites (tertiary alicyclic amines) is 1. The zero-order valence-electron chi connectivity index (χ0n) is 15.8. The lowest BCUT2D eigenvalue weighted by Gasteiger charge is -2.39. The number of halogens is 1. The highest BCUT2D eigenvalue weighted by molar-refractivity contribution is 5.44. The molecule has 1 atom stereocenters. The lowest BCUT2D eigenvalue weighted by atomic mass is 9.84. The third-order valence-electron chi connectivity index (χ3n) is 5.65. The third-order valence-corrected chi connectivity index (χ3v) is 5.65. The lowest BCUT2D eigenvalue weighted by Crippen LogP contribution is -2.43. The summed E-state index contributed by atoms with van der Waals surface area (Å²) in [5, 5.41) is 21.6. The van der Waals surface area contributed by atoms with E-state index >= 15 is 0 Å². The second-order valence-corrected chi connectivity index (χ2v) is 7.61. The van der Waals surface area contributed by atoms with Gasteiger partial charge in [0.15, 0.2) is 11.5 Å².